The smallest absolute Gasteiger partial charge is 0.328 e. The molecule has 0 unspecified atom stereocenters. The second kappa shape index (κ2) is 4.04. The Hall–Kier alpha value is -1.97. The Kier molecular flexibility index (Phi) is 2.99. The van der Waals surface area contributed by atoms with Gasteiger partial charge < -0.3 is 15.3 Å². The summed E-state index contributed by atoms with van der Waals surface area (Å²) in [7, 11) is 0. The quantitative estimate of drug-likeness (QED) is 0.648. The summed E-state index contributed by atoms with van der Waals surface area (Å²) >= 11 is 0. The normalized spacial score (nSPS) is 10.8. The second-order valence-corrected chi connectivity index (χ2v) is 3.28. The van der Waals surface area contributed by atoms with Crippen LogP contribution in [0.2, 0.25) is 0 Å². The third-order valence-corrected chi connectivity index (χ3v) is 2.13. The number of benzene rings is 1. The van der Waals surface area contributed by atoms with Crippen LogP contribution in [0.1, 0.15) is 16.7 Å². The van der Waals surface area contributed by atoms with E-state index in [-0.39, 0.29) is 11.5 Å². The molecule has 4 nitrogen and oxygen atoms in total. The van der Waals surface area contributed by atoms with E-state index in [1.165, 1.54) is 12.1 Å². The van der Waals surface area contributed by atoms with Gasteiger partial charge in [-0.15, -0.1) is 0 Å². The SMILES string of the molecule is Cc1cc(C=CC(=O)O)c(O)c(C)c1O. The fourth-order valence-electron chi connectivity index (χ4n) is 1.28. The first-order chi connectivity index (χ1) is 6.93. The molecule has 1 aromatic carbocycles. The molecule has 4 heteroatoms. The molecule has 0 atom stereocenters. The zero-order chi connectivity index (χ0) is 11.6. The fourth-order valence-corrected chi connectivity index (χ4v) is 1.28. The van der Waals surface area contributed by atoms with Gasteiger partial charge in [0.15, 0.2) is 0 Å². The first kappa shape index (κ1) is 11.1. The largest absolute Gasteiger partial charge is 0.507 e. The van der Waals surface area contributed by atoms with Crippen LogP contribution in [0.25, 0.3) is 6.08 Å². The molecule has 1 rings (SSSR count). The Morgan fingerprint density at radius 3 is 2.40 bits per heavy atom. The Morgan fingerprint density at radius 1 is 1.27 bits per heavy atom. The number of hydrogen-bond donors (Lipinski definition) is 3. The predicted molar refractivity (Wildman–Crippen MR) is 55.9 cm³/mol. The van der Waals surface area contributed by atoms with Crippen LogP contribution in [0.5, 0.6) is 11.5 Å². The molecule has 0 aliphatic rings. The monoisotopic (exact) mass is 208 g/mol. The van der Waals surface area contributed by atoms with Gasteiger partial charge in [-0.3, -0.25) is 0 Å². The highest BCUT2D eigenvalue weighted by molar-refractivity contribution is 5.86. The van der Waals surface area contributed by atoms with Crippen LogP contribution in [0.15, 0.2) is 12.1 Å². The highest BCUT2D eigenvalue weighted by atomic mass is 16.4. The van der Waals surface area contributed by atoms with Crippen LogP contribution in [-0.2, 0) is 4.79 Å². The lowest BCUT2D eigenvalue weighted by molar-refractivity contribution is -0.131. The lowest BCUT2D eigenvalue weighted by Crippen LogP contribution is -1.89. The zero-order valence-electron chi connectivity index (χ0n) is 8.48. The number of hydrogen-bond acceptors (Lipinski definition) is 3. The summed E-state index contributed by atoms with van der Waals surface area (Å²) < 4.78 is 0. The van der Waals surface area contributed by atoms with Gasteiger partial charge in [-0.1, -0.05) is 0 Å². The van der Waals surface area contributed by atoms with E-state index in [0.717, 1.165) is 6.08 Å². The van der Waals surface area contributed by atoms with E-state index in [1.54, 1.807) is 13.8 Å². The number of phenolic OH excluding ortho intramolecular Hbond substituents is 2. The number of carbonyl (C=O) groups is 1. The molecule has 0 fully saturated rings. The summed E-state index contributed by atoms with van der Waals surface area (Å²) in [6.07, 6.45) is 2.22. The lowest BCUT2D eigenvalue weighted by atomic mass is 10.0. The number of carboxylic acid groups (broad SMARTS) is 1. The maximum absolute atomic E-state index is 10.3. The first-order valence-corrected chi connectivity index (χ1v) is 4.36. The van der Waals surface area contributed by atoms with Crippen molar-refractivity contribution in [2.75, 3.05) is 0 Å². The molecule has 0 radical (unpaired) electrons. The van der Waals surface area contributed by atoms with Gasteiger partial charge in [0.1, 0.15) is 11.5 Å². The van der Waals surface area contributed by atoms with Gasteiger partial charge >= 0.3 is 5.97 Å². The molecule has 0 saturated heterocycles. The Bertz CT molecular complexity index is 433. The van der Waals surface area contributed by atoms with Gasteiger partial charge in [-0.05, 0) is 31.6 Å². The fraction of sp³-hybridized carbons (Fsp3) is 0.182. The molecular formula is C11H12O4. The predicted octanol–water partition coefficient (Wildman–Crippen LogP) is 1.81. The number of rotatable bonds is 2. The van der Waals surface area contributed by atoms with Crippen molar-refractivity contribution in [3.63, 3.8) is 0 Å². The number of carboxylic acids is 1. The van der Waals surface area contributed by atoms with Gasteiger partial charge in [0.05, 0.1) is 0 Å². The molecule has 0 bridgehead atoms. The van der Waals surface area contributed by atoms with Gasteiger partial charge in [0.2, 0.25) is 0 Å². The molecule has 1 aromatic rings. The Labute approximate surface area is 87.1 Å². The summed E-state index contributed by atoms with van der Waals surface area (Å²) in [5.41, 5.74) is 1.32. The zero-order valence-corrected chi connectivity index (χ0v) is 8.48. The Balaban J connectivity index is 3.26. The van der Waals surface area contributed by atoms with Crippen LogP contribution >= 0.6 is 0 Å². The number of aromatic hydroxyl groups is 2. The summed E-state index contributed by atoms with van der Waals surface area (Å²) in [4.78, 5) is 10.3. The molecule has 0 heterocycles. The minimum atomic E-state index is -1.09. The van der Waals surface area contributed by atoms with Crippen LogP contribution in [0.3, 0.4) is 0 Å². The second-order valence-electron chi connectivity index (χ2n) is 3.28. The van der Waals surface area contributed by atoms with Crippen molar-refractivity contribution >= 4 is 12.0 Å². The number of aryl methyl sites for hydroxylation is 1. The summed E-state index contributed by atoms with van der Waals surface area (Å²) in [5.74, 6) is -1.16. The minimum absolute atomic E-state index is 0.0278. The Morgan fingerprint density at radius 2 is 1.87 bits per heavy atom. The standard InChI is InChI=1S/C11H12O4/c1-6-5-8(3-4-9(12)13)11(15)7(2)10(6)14/h3-5,14-15H,1-2H3,(H,12,13). The van der Waals surface area contributed by atoms with Crippen molar-refractivity contribution in [3.8, 4) is 11.5 Å². The maximum Gasteiger partial charge on any atom is 0.328 e. The van der Waals surface area contributed by atoms with Crippen molar-refractivity contribution in [1.82, 2.24) is 0 Å². The third kappa shape index (κ3) is 2.28. The highest BCUT2D eigenvalue weighted by Gasteiger charge is 2.09. The van der Waals surface area contributed by atoms with Crippen molar-refractivity contribution < 1.29 is 20.1 Å². The molecule has 0 spiro atoms. The molecule has 0 aromatic heterocycles. The van der Waals surface area contributed by atoms with Crippen LogP contribution in [0.4, 0.5) is 0 Å². The molecule has 3 N–H and O–H groups in total. The molecule has 80 valence electrons. The molecule has 0 aliphatic heterocycles. The van der Waals surface area contributed by atoms with E-state index in [2.05, 4.69) is 0 Å². The van der Waals surface area contributed by atoms with Crippen molar-refractivity contribution in [2.24, 2.45) is 0 Å². The van der Waals surface area contributed by atoms with Gasteiger partial charge in [-0.25, -0.2) is 4.79 Å². The summed E-state index contributed by atoms with van der Waals surface area (Å²) in [6.45, 7) is 3.25. The molecule has 0 saturated carbocycles. The van der Waals surface area contributed by atoms with E-state index in [0.29, 0.717) is 16.7 Å². The van der Waals surface area contributed by atoms with E-state index in [1.807, 2.05) is 0 Å². The highest BCUT2D eigenvalue weighted by Crippen LogP contribution is 2.33. The van der Waals surface area contributed by atoms with E-state index in [4.69, 9.17) is 5.11 Å². The first-order valence-electron chi connectivity index (χ1n) is 4.36. The number of phenols is 2. The molecule has 0 amide bonds. The van der Waals surface area contributed by atoms with Crippen LogP contribution < -0.4 is 0 Å². The minimum Gasteiger partial charge on any atom is -0.507 e. The van der Waals surface area contributed by atoms with E-state index >= 15 is 0 Å². The lowest BCUT2D eigenvalue weighted by Gasteiger charge is -2.08. The summed E-state index contributed by atoms with van der Waals surface area (Å²) in [5, 5.41) is 27.5. The molecular weight excluding hydrogens is 196 g/mol. The number of aliphatic carboxylic acids is 1. The van der Waals surface area contributed by atoms with Crippen LogP contribution in [-0.4, -0.2) is 21.3 Å². The average molecular weight is 208 g/mol. The van der Waals surface area contributed by atoms with Crippen molar-refractivity contribution in [3.05, 3.63) is 28.8 Å². The van der Waals surface area contributed by atoms with Gasteiger partial charge in [0, 0.05) is 17.2 Å². The van der Waals surface area contributed by atoms with Crippen LogP contribution in [0, 0.1) is 13.8 Å². The van der Waals surface area contributed by atoms with Crippen molar-refractivity contribution in [1.29, 1.82) is 0 Å². The maximum atomic E-state index is 10.3. The van der Waals surface area contributed by atoms with Gasteiger partial charge in [0.25, 0.3) is 0 Å². The average Bonchev–Trinajstić information content (AvgIpc) is 2.18. The van der Waals surface area contributed by atoms with Gasteiger partial charge in [-0.2, -0.15) is 0 Å². The molecule has 15 heavy (non-hydrogen) atoms. The third-order valence-electron chi connectivity index (χ3n) is 2.13. The topological polar surface area (TPSA) is 77.8 Å². The van der Waals surface area contributed by atoms with Crippen molar-refractivity contribution in [2.45, 2.75) is 13.8 Å². The van der Waals surface area contributed by atoms with E-state index in [9.17, 15) is 15.0 Å². The van der Waals surface area contributed by atoms with E-state index < -0.39 is 5.97 Å². The molecule has 0 aliphatic carbocycles. The summed E-state index contributed by atoms with van der Waals surface area (Å²) in [6, 6.07) is 1.52.